The second-order valence-corrected chi connectivity index (χ2v) is 5.00. The van der Waals surface area contributed by atoms with Gasteiger partial charge in [-0.2, -0.15) is 0 Å². The minimum Gasteiger partial charge on any atom is -0.439 e. The van der Waals surface area contributed by atoms with E-state index < -0.39 is 0 Å². The van der Waals surface area contributed by atoms with Gasteiger partial charge in [0.1, 0.15) is 5.52 Å². The molecule has 3 rings (SSSR count). The first kappa shape index (κ1) is 11.1. The first-order valence-corrected chi connectivity index (χ1v) is 6.45. The first-order chi connectivity index (χ1) is 8.33. The van der Waals surface area contributed by atoms with Crippen molar-refractivity contribution in [2.24, 2.45) is 5.92 Å². The molecule has 1 unspecified atom stereocenters. The maximum Gasteiger partial charge on any atom is 0.195 e. The number of hydrogen-bond acceptors (Lipinski definition) is 3. The van der Waals surface area contributed by atoms with E-state index in [2.05, 4.69) is 10.3 Å². The molecule has 1 fully saturated rings. The number of benzene rings is 1. The molecule has 2 heterocycles. The van der Waals surface area contributed by atoms with Crippen molar-refractivity contribution >= 4 is 22.7 Å². The normalized spacial score (nSPS) is 20.2. The van der Waals surface area contributed by atoms with Crippen LogP contribution in [0.3, 0.4) is 0 Å². The van der Waals surface area contributed by atoms with Crippen molar-refractivity contribution in [3.8, 4) is 0 Å². The van der Waals surface area contributed by atoms with Gasteiger partial charge in [0.15, 0.2) is 11.5 Å². The second kappa shape index (κ2) is 4.67. The minimum absolute atomic E-state index is 0.642. The van der Waals surface area contributed by atoms with Gasteiger partial charge in [0.2, 0.25) is 0 Å². The number of halogens is 1. The van der Waals surface area contributed by atoms with Gasteiger partial charge in [0, 0.05) is 6.42 Å². The predicted octanol–water partition coefficient (Wildman–Crippen LogP) is 3.02. The van der Waals surface area contributed by atoms with Crippen molar-refractivity contribution in [2.75, 3.05) is 13.1 Å². The molecule has 3 nitrogen and oxygen atoms in total. The van der Waals surface area contributed by atoms with Gasteiger partial charge in [0.25, 0.3) is 0 Å². The number of hydrogen-bond donors (Lipinski definition) is 1. The summed E-state index contributed by atoms with van der Waals surface area (Å²) in [6, 6.07) is 5.67. The number of para-hydroxylation sites is 1. The zero-order valence-electron chi connectivity index (χ0n) is 9.58. The minimum atomic E-state index is 0.642. The van der Waals surface area contributed by atoms with Crippen LogP contribution in [0.15, 0.2) is 22.6 Å². The van der Waals surface area contributed by atoms with Crippen molar-refractivity contribution in [3.05, 3.63) is 29.1 Å². The Balaban J connectivity index is 1.74. The van der Waals surface area contributed by atoms with E-state index in [1.165, 1.54) is 6.42 Å². The van der Waals surface area contributed by atoms with Gasteiger partial charge in [-0.25, -0.2) is 4.98 Å². The molecular formula is C13H15ClN2O. The smallest absolute Gasteiger partial charge is 0.195 e. The van der Waals surface area contributed by atoms with Crippen LogP contribution < -0.4 is 5.32 Å². The van der Waals surface area contributed by atoms with Gasteiger partial charge >= 0.3 is 0 Å². The number of oxazole rings is 1. The summed E-state index contributed by atoms with van der Waals surface area (Å²) in [7, 11) is 0. The molecular weight excluding hydrogens is 236 g/mol. The van der Waals surface area contributed by atoms with E-state index in [9.17, 15) is 0 Å². The lowest BCUT2D eigenvalue weighted by atomic mass is 10.0. The molecule has 1 saturated heterocycles. The molecule has 1 atom stereocenters. The fraction of sp³-hybridized carbons (Fsp3) is 0.462. The van der Waals surface area contributed by atoms with E-state index in [0.717, 1.165) is 43.3 Å². The average Bonchev–Trinajstić information content (AvgIpc) is 2.95. The Bertz CT molecular complexity index is 517. The Kier molecular flexibility index (Phi) is 3.04. The lowest BCUT2D eigenvalue weighted by Crippen LogP contribution is -2.09. The van der Waals surface area contributed by atoms with Crippen LogP contribution in [-0.4, -0.2) is 18.1 Å². The van der Waals surface area contributed by atoms with Gasteiger partial charge in [-0.15, -0.1) is 0 Å². The number of nitrogens with one attached hydrogen (secondary N) is 1. The lowest BCUT2D eigenvalue weighted by Gasteiger charge is -2.04. The van der Waals surface area contributed by atoms with Crippen LogP contribution in [0.4, 0.5) is 0 Å². The highest BCUT2D eigenvalue weighted by Crippen LogP contribution is 2.25. The summed E-state index contributed by atoms with van der Waals surface area (Å²) in [6.45, 7) is 2.27. The predicted molar refractivity (Wildman–Crippen MR) is 68.3 cm³/mol. The zero-order chi connectivity index (χ0) is 11.7. The van der Waals surface area contributed by atoms with E-state index in [1.807, 2.05) is 18.2 Å². The average molecular weight is 251 g/mol. The molecule has 0 bridgehead atoms. The highest BCUT2D eigenvalue weighted by atomic mass is 35.5. The molecule has 90 valence electrons. The number of nitrogens with zero attached hydrogens (tertiary/aromatic N) is 1. The van der Waals surface area contributed by atoms with Crippen molar-refractivity contribution in [2.45, 2.75) is 19.3 Å². The van der Waals surface area contributed by atoms with E-state index in [4.69, 9.17) is 16.0 Å². The SMILES string of the molecule is Clc1cccc2nc(CCC3CCNC3)oc12. The molecule has 1 aliphatic heterocycles. The van der Waals surface area contributed by atoms with Gasteiger partial charge in [-0.05, 0) is 44.0 Å². The molecule has 0 spiro atoms. The fourth-order valence-corrected chi connectivity index (χ4v) is 2.57. The van der Waals surface area contributed by atoms with Crippen molar-refractivity contribution in [1.29, 1.82) is 0 Å². The summed E-state index contributed by atoms with van der Waals surface area (Å²) in [4.78, 5) is 4.46. The van der Waals surface area contributed by atoms with Crippen molar-refractivity contribution < 1.29 is 4.42 Å². The summed E-state index contributed by atoms with van der Waals surface area (Å²) in [5.41, 5.74) is 1.57. The van der Waals surface area contributed by atoms with Crippen LogP contribution in [-0.2, 0) is 6.42 Å². The van der Waals surface area contributed by atoms with Crippen LogP contribution in [0.25, 0.3) is 11.1 Å². The Morgan fingerprint density at radius 2 is 2.41 bits per heavy atom. The number of aryl methyl sites for hydroxylation is 1. The standard InChI is InChI=1S/C13H15ClN2O/c14-10-2-1-3-11-13(10)17-12(16-11)5-4-9-6-7-15-8-9/h1-3,9,15H,4-8H2. The topological polar surface area (TPSA) is 38.1 Å². The quantitative estimate of drug-likeness (QED) is 0.910. The number of aromatic nitrogens is 1. The summed E-state index contributed by atoms with van der Waals surface area (Å²) >= 11 is 6.05. The molecule has 17 heavy (non-hydrogen) atoms. The molecule has 0 amide bonds. The van der Waals surface area contributed by atoms with Crippen LogP contribution in [0, 0.1) is 5.92 Å². The number of rotatable bonds is 3. The van der Waals surface area contributed by atoms with Gasteiger partial charge in [0.05, 0.1) is 5.02 Å². The van der Waals surface area contributed by atoms with Gasteiger partial charge in [-0.3, -0.25) is 0 Å². The summed E-state index contributed by atoms with van der Waals surface area (Å²) < 4.78 is 5.70. The summed E-state index contributed by atoms with van der Waals surface area (Å²) in [5.74, 6) is 1.57. The van der Waals surface area contributed by atoms with E-state index in [1.54, 1.807) is 0 Å². The molecule has 0 aliphatic carbocycles. The van der Waals surface area contributed by atoms with E-state index in [-0.39, 0.29) is 0 Å². The van der Waals surface area contributed by atoms with Crippen LogP contribution in [0.1, 0.15) is 18.7 Å². The Labute approximate surface area is 105 Å². The van der Waals surface area contributed by atoms with Crippen LogP contribution in [0.2, 0.25) is 5.02 Å². The third-order valence-corrected chi connectivity index (χ3v) is 3.64. The van der Waals surface area contributed by atoms with Crippen molar-refractivity contribution in [3.63, 3.8) is 0 Å². The lowest BCUT2D eigenvalue weighted by molar-refractivity contribution is 0.466. The maximum absolute atomic E-state index is 6.05. The summed E-state index contributed by atoms with van der Waals surface area (Å²) in [6.07, 6.45) is 3.30. The van der Waals surface area contributed by atoms with E-state index >= 15 is 0 Å². The monoisotopic (exact) mass is 250 g/mol. The molecule has 1 aromatic carbocycles. The molecule has 1 N–H and O–H groups in total. The Hall–Kier alpha value is -1.06. The third-order valence-electron chi connectivity index (χ3n) is 3.34. The zero-order valence-corrected chi connectivity index (χ0v) is 10.3. The molecule has 0 saturated carbocycles. The largest absolute Gasteiger partial charge is 0.439 e. The van der Waals surface area contributed by atoms with Crippen LogP contribution in [0.5, 0.6) is 0 Å². The maximum atomic E-state index is 6.05. The van der Waals surface area contributed by atoms with Gasteiger partial charge < -0.3 is 9.73 Å². The second-order valence-electron chi connectivity index (χ2n) is 4.59. The molecule has 4 heteroatoms. The third kappa shape index (κ3) is 2.31. The molecule has 1 aromatic heterocycles. The molecule has 2 aromatic rings. The van der Waals surface area contributed by atoms with Gasteiger partial charge in [-0.1, -0.05) is 17.7 Å². The molecule has 0 radical (unpaired) electrons. The summed E-state index contributed by atoms with van der Waals surface area (Å²) in [5, 5.41) is 4.01. The fourth-order valence-electron chi connectivity index (χ4n) is 2.36. The van der Waals surface area contributed by atoms with E-state index in [0.29, 0.717) is 10.6 Å². The highest BCUT2D eigenvalue weighted by Gasteiger charge is 2.16. The molecule has 1 aliphatic rings. The Morgan fingerprint density at radius 3 is 3.18 bits per heavy atom. The van der Waals surface area contributed by atoms with Crippen LogP contribution >= 0.6 is 11.6 Å². The Morgan fingerprint density at radius 1 is 1.47 bits per heavy atom. The van der Waals surface area contributed by atoms with Crippen molar-refractivity contribution in [1.82, 2.24) is 10.3 Å². The highest BCUT2D eigenvalue weighted by molar-refractivity contribution is 6.34. The number of fused-ring (bicyclic) bond motifs is 1. The first-order valence-electron chi connectivity index (χ1n) is 6.07.